The maximum Gasteiger partial charge on any atom is 0.416 e. The van der Waals surface area contributed by atoms with E-state index >= 15 is 0 Å². The summed E-state index contributed by atoms with van der Waals surface area (Å²) in [6.45, 7) is 4.44. The van der Waals surface area contributed by atoms with E-state index in [0.717, 1.165) is 12.1 Å². The average molecular weight is 387 g/mol. The highest BCUT2D eigenvalue weighted by Gasteiger charge is 2.37. The Labute approximate surface area is 161 Å². The van der Waals surface area contributed by atoms with E-state index in [4.69, 9.17) is 4.74 Å². The molecular formula is C22H20F3NO2. The number of ketones is 1. The van der Waals surface area contributed by atoms with Crippen LogP contribution in [0.1, 0.15) is 42.9 Å². The molecule has 6 heteroatoms. The maximum atomic E-state index is 12.8. The molecule has 0 saturated carbocycles. The molecular weight excluding hydrogens is 367 g/mol. The van der Waals surface area contributed by atoms with Gasteiger partial charge in [-0.1, -0.05) is 32.0 Å². The number of nitrogens with zero attached hydrogens (tertiary/aromatic N) is 1. The van der Waals surface area contributed by atoms with Gasteiger partial charge in [0.1, 0.15) is 6.10 Å². The van der Waals surface area contributed by atoms with Crippen LogP contribution < -0.4 is 0 Å². The number of hydrogen-bond acceptors (Lipinski definition) is 3. The Morgan fingerprint density at radius 2 is 1.82 bits per heavy atom. The zero-order chi connectivity index (χ0) is 20.5. The van der Waals surface area contributed by atoms with E-state index in [2.05, 4.69) is 6.07 Å². The summed E-state index contributed by atoms with van der Waals surface area (Å²) >= 11 is 0. The minimum Gasteiger partial charge on any atom is -0.365 e. The number of nitriles is 1. The van der Waals surface area contributed by atoms with Crippen LogP contribution in [0.4, 0.5) is 13.2 Å². The van der Waals surface area contributed by atoms with Crippen LogP contribution in [-0.4, -0.2) is 18.5 Å². The molecule has 1 fully saturated rings. The summed E-state index contributed by atoms with van der Waals surface area (Å²) < 4.78 is 43.6. The van der Waals surface area contributed by atoms with Crippen LogP contribution in [0.3, 0.4) is 0 Å². The van der Waals surface area contributed by atoms with Crippen molar-refractivity contribution in [1.29, 1.82) is 5.26 Å². The molecule has 0 bridgehead atoms. The summed E-state index contributed by atoms with van der Waals surface area (Å²) in [5.74, 6) is -0.163. The summed E-state index contributed by atoms with van der Waals surface area (Å²) in [6.07, 6.45) is -4.19. The normalized spacial score (nSPS) is 17.2. The molecule has 0 spiro atoms. The quantitative estimate of drug-likeness (QED) is 0.629. The van der Waals surface area contributed by atoms with Crippen molar-refractivity contribution in [2.45, 2.75) is 38.5 Å². The van der Waals surface area contributed by atoms with Crippen molar-refractivity contribution in [2.75, 3.05) is 6.61 Å². The smallest absolute Gasteiger partial charge is 0.365 e. The second-order valence-corrected chi connectivity index (χ2v) is 7.44. The van der Waals surface area contributed by atoms with Gasteiger partial charge in [-0.3, -0.25) is 4.79 Å². The lowest BCUT2D eigenvalue weighted by Gasteiger charge is -2.19. The topological polar surface area (TPSA) is 53.4 Å². The van der Waals surface area contributed by atoms with Gasteiger partial charge in [0.05, 0.1) is 23.8 Å². The fourth-order valence-electron chi connectivity index (χ4n) is 3.26. The third-order valence-corrected chi connectivity index (χ3v) is 4.73. The predicted octanol–water partition coefficient (Wildman–Crippen LogP) is 5.34. The average Bonchev–Trinajstić information content (AvgIpc) is 3.49. The molecule has 146 valence electrons. The lowest BCUT2D eigenvalue weighted by molar-refractivity contribution is -0.137. The molecule has 3 rings (SSSR count). The largest absolute Gasteiger partial charge is 0.416 e. The highest BCUT2D eigenvalue weighted by molar-refractivity contribution is 5.91. The van der Waals surface area contributed by atoms with Crippen molar-refractivity contribution in [2.24, 2.45) is 5.92 Å². The first-order valence-corrected chi connectivity index (χ1v) is 9.07. The van der Waals surface area contributed by atoms with Gasteiger partial charge in [-0.2, -0.15) is 18.4 Å². The first kappa shape index (κ1) is 20.1. The zero-order valence-electron chi connectivity index (χ0n) is 15.6. The minimum atomic E-state index is -4.41. The lowest BCUT2D eigenvalue weighted by atomic mass is 9.84. The van der Waals surface area contributed by atoms with Crippen molar-refractivity contribution < 1.29 is 22.7 Å². The van der Waals surface area contributed by atoms with E-state index in [0.29, 0.717) is 35.3 Å². The molecule has 2 atom stereocenters. The molecule has 0 N–H and O–H groups in total. The van der Waals surface area contributed by atoms with E-state index in [1.165, 1.54) is 12.1 Å². The first-order valence-electron chi connectivity index (χ1n) is 9.07. The number of carbonyl (C=O) groups excluding carboxylic acids is 1. The summed E-state index contributed by atoms with van der Waals surface area (Å²) in [5, 5.41) is 9.40. The summed E-state index contributed by atoms with van der Waals surface area (Å²) in [6, 6.07) is 12.0. The Morgan fingerprint density at radius 1 is 1.18 bits per heavy atom. The van der Waals surface area contributed by atoms with Gasteiger partial charge in [0.15, 0.2) is 5.78 Å². The van der Waals surface area contributed by atoms with E-state index in [1.807, 2.05) is 13.8 Å². The maximum absolute atomic E-state index is 12.8. The molecule has 3 nitrogen and oxygen atoms in total. The Balaban J connectivity index is 2.01. The Hall–Kier alpha value is -2.65. The predicted molar refractivity (Wildman–Crippen MR) is 98.5 cm³/mol. The number of benzene rings is 2. The molecule has 1 heterocycles. The number of hydrogen-bond donors (Lipinski definition) is 0. The van der Waals surface area contributed by atoms with Crippen molar-refractivity contribution in [3.8, 4) is 17.2 Å². The third kappa shape index (κ3) is 4.60. The van der Waals surface area contributed by atoms with Crippen LogP contribution in [0.2, 0.25) is 0 Å². The number of Topliss-reactive ketones (excluding diaryl/α,β-unsaturated/α-hetero) is 1. The van der Waals surface area contributed by atoms with Gasteiger partial charge >= 0.3 is 6.18 Å². The Kier molecular flexibility index (Phi) is 5.57. The third-order valence-electron chi connectivity index (χ3n) is 4.73. The van der Waals surface area contributed by atoms with Crippen LogP contribution in [0.25, 0.3) is 11.1 Å². The highest BCUT2D eigenvalue weighted by atomic mass is 19.4. The van der Waals surface area contributed by atoms with Crippen molar-refractivity contribution in [1.82, 2.24) is 0 Å². The SMILES string of the molecule is CC(C)CC(C(=O)C1CO1)c1cc(C#N)cc(-c2ccc(C(F)(F)F)cc2)c1. The van der Waals surface area contributed by atoms with E-state index in [9.17, 15) is 23.2 Å². The summed E-state index contributed by atoms with van der Waals surface area (Å²) in [4.78, 5) is 12.7. The van der Waals surface area contributed by atoms with Gasteiger partial charge in [0.25, 0.3) is 0 Å². The number of alkyl halides is 3. The van der Waals surface area contributed by atoms with Gasteiger partial charge in [0, 0.05) is 5.92 Å². The van der Waals surface area contributed by atoms with Gasteiger partial charge in [-0.25, -0.2) is 0 Å². The molecule has 2 aromatic rings. The standard InChI is InChI=1S/C22H20F3NO2/c1-13(2)7-19(21(27)20-12-28-20)17-9-14(11-26)8-16(10-17)15-3-5-18(6-4-15)22(23,24)25/h3-6,8-10,13,19-20H,7,12H2,1-2H3. The van der Waals surface area contributed by atoms with Gasteiger partial charge in [-0.05, 0) is 53.3 Å². The van der Waals surface area contributed by atoms with Gasteiger partial charge in [0.2, 0.25) is 0 Å². The van der Waals surface area contributed by atoms with Crippen LogP contribution in [0.15, 0.2) is 42.5 Å². The molecule has 0 amide bonds. The van der Waals surface area contributed by atoms with E-state index in [-0.39, 0.29) is 11.7 Å². The minimum absolute atomic E-state index is 0.0119. The number of ether oxygens (including phenoxy) is 1. The van der Waals surface area contributed by atoms with Crippen molar-refractivity contribution >= 4 is 5.78 Å². The highest BCUT2D eigenvalue weighted by Crippen LogP contribution is 2.35. The van der Waals surface area contributed by atoms with Crippen LogP contribution in [0.5, 0.6) is 0 Å². The zero-order valence-corrected chi connectivity index (χ0v) is 15.6. The molecule has 1 aliphatic rings. The van der Waals surface area contributed by atoms with Crippen LogP contribution >= 0.6 is 0 Å². The second-order valence-electron chi connectivity index (χ2n) is 7.44. The molecule has 2 unspecified atom stereocenters. The van der Waals surface area contributed by atoms with Gasteiger partial charge < -0.3 is 4.74 Å². The van der Waals surface area contributed by atoms with Crippen molar-refractivity contribution in [3.63, 3.8) is 0 Å². The number of halogens is 3. The van der Waals surface area contributed by atoms with E-state index < -0.39 is 23.8 Å². The second kappa shape index (κ2) is 7.76. The molecule has 0 aromatic heterocycles. The Bertz CT molecular complexity index is 907. The lowest BCUT2D eigenvalue weighted by Crippen LogP contribution is -2.20. The van der Waals surface area contributed by atoms with E-state index in [1.54, 1.807) is 18.2 Å². The Morgan fingerprint density at radius 3 is 2.32 bits per heavy atom. The molecule has 2 aromatic carbocycles. The number of epoxide rings is 1. The first-order chi connectivity index (χ1) is 13.2. The molecule has 1 saturated heterocycles. The number of carbonyl (C=O) groups is 1. The molecule has 0 radical (unpaired) electrons. The fraction of sp³-hybridized carbons (Fsp3) is 0.364. The van der Waals surface area contributed by atoms with Gasteiger partial charge in [-0.15, -0.1) is 0 Å². The van der Waals surface area contributed by atoms with Crippen molar-refractivity contribution in [3.05, 3.63) is 59.2 Å². The molecule has 0 aliphatic carbocycles. The molecule has 28 heavy (non-hydrogen) atoms. The van der Waals surface area contributed by atoms with Crippen LogP contribution in [0, 0.1) is 17.2 Å². The monoisotopic (exact) mass is 387 g/mol. The number of rotatable bonds is 6. The fourth-order valence-corrected chi connectivity index (χ4v) is 3.26. The summed E-state index contributed by atoms with van der Waals surface area (Å²) in [5.41, 5.74) is 1.51. The van der Waals surface area contributed by atoms with Crippen LogP contribution in [-0.2, 0) is 15.7 Å². The molecule has 1 aliphatic heterocycles. The summed E-state index contributed by atoms with van der Waals surface area (Å²) in [7, 11) is 0.